The van der Waals surface area contributed by atoms with Gasteiger partial charge >= 0.3 is 5.97 Å². The highest BCUT2D eigenvalue weighted by atomic mass is 79.9. The molecule has 0 amide bonds. The maximum Gasteiger partial charge on any atom is 0.377 e. The van der Waals surface area contributed by atoms with Gasteiger partial charge in [-0.15, -0.1) is 11.3 Å². The van der Waals surface area contributed by atoms with Crippen molar-refractivity contribution in [1.29, 1.82) is 0 Å². The number of hydrogen-bond acceptors (Lipinski definition) is 5. The van der Waals surface area contributed by atoms with Crippen molar-refractivity contribution in [3.63, 3.8) is 0 Å². The van der Waals surface area contributed by atoms with E-state index in [1.54, 1.807) is 0 Å². The molecule has 0 saturated heterocycles. The molecule has 2 aromatic rings. The van der Waals surface area contributed by atoms with E-state index in [0.717, 1.165) is 8.95 Å². The number of rotatable bonds is 2. The lowest BCUT2D eigenvalue weighted by Gasteiger charge is -1.88. The fourth-order valence-corrected chi connectivity index (χ4v) is 2.93. The third kappa shape index (κ3) is 1.97. The maximum atomic E-state index is 10.5. The summed E-state index contributed by atoms with van der Waals surface area (Å²) in [6.07, 6.45) is 0. The Bertz CT molecular complexity index is 522. The van der Waals surface area contributed by atoms with Gasteiger partial charge in [0.1, 0.15) is 4.88 Å². The van der Waals surface area contributed by atoms with E-state index in [1.165, 1.54) is 11.3 Å². The fraction of sp³-hybridized carbons (Fsp3) is 0. The Morgan fingerprint density at radius 1 is 1.53 bits per heavy atom. The molecule has 0 bridgehead atoms. The highest BCUT2D eigenvalue weighted by molar-refractivity contribution is 9.13. The lowest BCUT2D eigenvalue weighted by atomic mass is 10.5. The molecule has 1 N–H and O–H groups in total. The molecule has 5 nitrogen and oxygen atoms in total. The molecule has 2 rings (SSSR count). The van der Waals surface area contributed by atoms with Crippen LogP contribution < -0.4 is 0 Å². The quantitative estimate of drug-likeness (QED) is 0.897. The molecule has 2 heterocycles. The van der Waals surface area contributed by atoms with Gasteiger partial charge in [-0.2, -0.15) is 4.98 Å². The fourth-order valence-electron chi connectivity index (χ4n) is 0.869. The van der Waals surface area contributed by atoms with E-state index < -0.39 is 5.97 Å². The first kappa shape index (κ1) is 10.8. The van der Waals surface area contributed by atoms with Crippen LogP contribution in [0, 0.1) is 0 Å². The van der Waals surface area contributed by atoms with Gasteiger partial charge in [0, 0.05) is 9.85 Å². The minimum absolute atomic E-state index is 0.190. The summed E-state index contributed by atoms with van der Waals surface area (Å²) in [6.45, 7) is 0. The van der Waals surface area contributed by atoms with Crippen LogP contribution in [-0.4, -0.2) is 21.2 Å². The number of aromatic carboxylic acids is 1. The number of aromatic nitrogens is 2. The third-order valence-corrected chi connectivity index (χ3v) is 5.02. The summed E-state index contributed by atoms with van der Waals surface area (Å²) >= 11 is 8.00. The van der Waals surface area contributed by atoms with E-state index in [4.69, 9.17) is 9.63 Å². The molecule has 0 atom stereocenters. The Kier molecular flexibility index (Phi) is 2.89. The molecule has 0 aliphatic carbocycles. The number of carboxylic acid groups (broad SMARTS) is 1. The molecule has 15 heavy (non-hydrogen) atoms. The smallest absolute Gasteiger partial charge is 0.377 e. The number of hydrogen-bond donors (Lipinski definition) is 1. The van der Waals surface area contributed by atoms with Gasteiger partial charge < -0.3 is 9.63 Å². The Morgan fingerprint density at radius 3 is 2.73 bits per heavy atom. The van der Waals surface area contributed by atoms with Crippen LogP contribution in [0.5, 0.6) is 0 Å². The molecule has 0 aliphatic heterocycles. The summed E-state index contributed by atoms with van der Waals surface area (Å²) < 4.78 is 6.45. The molecule has 0 radical (unpaired) electrons. The minimum atomic E-state index is -1.21. The van der Waals surface area contributed by atoms with Crippen LogP contribution in [0.2, 0.25) is 0 Å². The van der Waals surface area contributed by atoms with Crippen molar-refractivity contribution in [2.24, 2.45) is 0 Å². The van der Waals surface area contributed by atoms with Gasteiger partial charge in [0.25, 0.3) is 11.7 Å². The van der Waals surface area contributed by atoms with Crippen LogP contribution in [0.4, 0.5) is 0 Å². The summed E-state index contributed by atoms with van der Waals surface area (Å²) in [5.41, 5.74) is 0. The van der Waals surface area contributed by atoms with Crippen molar-refractivity contribution >= 4 is 49.2 Å². The summed E-state index contributed by atoms with van der Waals surface area (Å²) in [4.78, 5) is 15.0. The number of thiophene rings is 1. The Balaban J connectivity index is 2.46. The molecule has 2 aromatic heterocycles. The van der Waals surface area contributed by atoms with Gasteiger partial charge in [-0.3, -0.25) is 0 Å². The van der Waals surface area contributed by atoms with Crippen LogP contribution in [0.15, 0.2) is 18.8 Å². The lowest BCUT2D eigenvalue weighted by molar-refractivity contribution is 0.0680. The Morgan fingerprint density at radius 2 is 2.27 bits per heavy atom. The van der Waals surface area contributed by atoms with E-state index >= 15 is 0 Å². The number of halogens is 2. The van der Waals surface area contributed by atoms with Crippen LogP contribution in [-0.2, 0) is 0 Å². The van der Waals surface area contributed by atoms with E-state index in [0.29, 0.717) is 4.88 Å². The third-order valence-electron chi connectivity index (χ3n) is 1.50. The van der Waals surface area contributed by atoms with Crippen molar-refractivity contribution in [1.82, 2.24) is 10.1 Å². The molecular formula is C7H2Br2N2O3S. The minimum Gasteiger partial charge on any atom is -0.475 e. The molecule has 0 spiro atoms. The first-order chi connectivity index (χ1) is 7.09. The lowest BCUT2D eigenvalue weighted by Crippen LogP contribution is -1.98. The normalized spacial score (nSPS) is 10.5. The largest absolute Gasteiger partial charge is 0.475 e. The molecule has 78 valence electrons. The molecule has 0 saturated carbocycles. The van der Waals surface area contributed by atoms with Crippen molar-refractivity contribution in [3.05, 3.63) is 20.1 Å². The first-order valence-electron chi connectivity index (χ1n) is 3.59. The van der Waals surface area contributed by atoms with E-state index in [9.17, 15) is 4.79 Å². The second-order valence-corrected chi connectivity index (χ2v) is 4.98. The molecule has 0 aliphatic rings. The van der Waals surface area contributed by atoms with Crippen molar-refractivity contribution in [2.75, 3.05) is 0 Å². The SMILES string of the molecule is O=C(O)c1noc(-c2scc(Br)c2Br)n1. The molecule has 0 fully saturated rings. The van der Waals surface area contributed by atoms with Gasteiger partial charge in [0.2, 0.25) is 0 Å². The van der Waals surface area contributed by atoms with Crippen molar-refractivity contribution < 1.29 is 14.4 Å². The zero-order chi connectivity index (χ0) is 11.0. The maximum absolute atomic E-state index is 10.5. The van der Waals surface area contributed by atoms with Crippen molar-refractivity contribution in [2.45, 2.75) is 0 Å². The Labute approximate surface area is 104 Å². The second kappa shape index (κ2) is 4.03. The standard InChI is InChI=1S/C7H2Br2N2O3S/c8-2-1-15-4(3(2)9)6-10-5(7(12)13)11-14-6/h1H,(H,12,13). The topological polar surface area (TPSA) is 76.2 Å². The van der Waals surface area contributed by atoms with Gasteiger partial charge in [-0.05, 0) is 37.0 Å². The van der Waals surface area contributed by atoms with Crippen LogP contribution in [0.3, 0.4) is 0 Å². The van der Waals surface area contributed by atoms with Gasteiger partial charge in [-0.1, -0.05) is 0 Å². The van der Waals surface area contributed by atoms with Crippen LogP contribution in [0.25, 0.3) is 10.8 Å². The summed E-state index contributed by atoms with van der Waals surface area (Å²) in [6, 6.07) is 0. The average molecular weight is 354 g/mol. The summed E-state index contributed by atoms with van der Waals surface area (Å²) in [7, 11) is 0. The summed E-state index contributed by atoms with van der Waals surface area (Å²) in [5.74, 6) is -1.37. The van der Waals surface area contributed by atoms with E-state index in [1.807, 2.05) is 5.38 Å². The predicted octanol–water partition coefficient (Wildman–Crippen LogP) is 3.02. The summed E-state index contributed by atoms with van der Waals surface area (Å²) in [5, 5.41) is 13.8. The number of carbonyl (C=O) groups is 1. The number of nitrogens with zero attached hydrogens (tertiary/aromatic N) is 2. The average Bonchev–Trinajstić information content (AvgIpc) is 2.76. The number of carboxylic acids is 1. The molecular weight excluding hydrogens is 352 g/mol. The predicted molar refractivity (Wildman–Crippen MR) is 60.0 cm³/mol. The van der Waals surface area contributed by atoms with Gasteiger partial charge in [0.05, 0.1) is 4.47 Å². The Hall–Kier alpha value is -0.730. The van der Waals surface area contributed by atoms with Gasteiger partial charge in [0.15, 0.2) is 0 Å². The second-order valence-electron chi connectivity index (χ2n) is 2.46. The van der Waals surface area contributed by atoms with Crippen LogP contribution in [0.1, 0.15) is 10.6 Å². The van der Waals surface area contributed by atoms with E-state index in [-0.39, 0.29) is 11.7 Å². The first-order valence-corrected chi connectivity index (χ1v) is 6.06. The van der Waals surface area contributed by atoms with E-state index in [2.05, 4.69) is 42.0 Å². The molecule has 8 heteroatoms. The molecule has 0 aromatic carbocycles. The molecule has 0 unspecified atom stereocenters. The van der Waals surface area contributed by atoms with Crippen molar-refractivity contribution in [3.8, 4) is 10.8 Å². The highest BCUT2D eigenvalue weighted by Gasteiger charge is 2.18. The zero-order valence-corrected chi connectivity index (χ0v) is 10.9. The van der Waals surface area contributed by atoms with Gasteiger partial charge in [-0.25, -0.2) is 4.79 Å². The zero-order valence-electron chi connectivity index (χ0n) is 6.90. The highest BCUT2D eigenvalue weighted by Crippen LogP contribution is 2.38. The van der Waals surface area contributed by atoms with Crippen LogP contribution >= 0.6 is 43.2 Å². The monoisotopic (exact) mass is 352 g/mol.